The van der Waals surface area contributed by atoms with Gasteiger partial charge in [0.1, 0.15) is 0 Å². The summed E-state index contributed by atoms with van der Waals surface area (Å²) in [6, 6.07) is 17.5. The molecule has 4 aromatic rings. The minimum atomic E-state index is -1.23. The van der Waals surface area contributed by atoms with Crippen molar-refractivity contribution < 1.29 is 19.4 Å². The highest BCUT2D eigenvalue weighted by molar-refractivity contribution is 5.90. The number of esters is 1. The van der Waals surface area contributed by atoms with Gasteiger partial charge < -0.3 is 19.0 Å². The van der Waals surface area contributed by atoms with Crippen molar-refractivity contribution in [2.45, 2.75) is 190 Å². The van der Waals surface area contributed by atoms with Crippen LogP contribution in [0.4, 0.5) is 0 Å². The van der Waals surface area contributed by atoms with Gasteiger partial charge in [-0.2, -0.15) is 0 Å². The molecule has 6 heterocycles. The fourth-order valence-corrected chi connectivity index (χ4v) is 18.4. The molecule has 12 aliphatic rings. The van der Waals surface area contributed by atoms with Crippen molar-refractivity contribution in [1.29, 1.82) is 0 Å². The van der Waals surface area contributed by atoms with Crippen LogP contribution in [0.2, 0.25) is 0 Å². The van der Waals surface area contributed by atoms with Crippen LogP contribution in [-0.2, 0) is 4.74 Å². The minimum absolute atomic E-state index is 0. The number of aromatic carboxylic acids is 1. The SMILES string of the molecule is C.CCOC(=O)c1nc2ccccc2n(C2C[C@H]3CCC[C@@H](C2)N3C23CC4CC(CC2C4)C3)c1=O.Cl.O=C(O)c1nc2ccccc2n(C2C[C@H]3CCC[C@@H](C2)N3C23CC4CC(CC2C4)C3)c1=O. The molecule has 12 bridgehead atoms. The van der Waals surface area contributed by atoms with Crippen molar-refractivity contribution >= 4 is 46.4 Å². The molecular weight excluding hydrogens is 876 g/mol. The first-order chi connectivity index (χ1) is 32.1. The number of benzene rings is 2. The maximum atomic E-state index is 13.7. The van der Waals surface area contributed by atoms with Crippen molar-refractivity contribution in [3.05, 3.63) is 80.6 Å². The van der Waals surface area contributed by atoms with Gasteiger partial charge in [-0.1, -0.05) is 44.5 Å². The van der Waals surface area contributed by atoms with E-state index < -0.39 is 17.5 Å². The van der Waals surface area contributed by atoms with Gasteiger partial charge in [0.2, 0.25) is 11.4 Å². The zero-order valence-corrected chi connectivity index (χ0v) is 39.8. The van der Waals surface area contributed by atoms with E-state index >= 15 is 0 Å². The summed E-state index contributed by atoms with van der Waals surface area (Å²) in [7, 11) is 0. The van der Waals surface area contributed by atoms with Gasteiger partial charge in [-0.05, 0) is 182 Å². The van der Waals surface area contributed by atoms with Gasteiger partial charge in [-0.15, -0.1) is 12.4 Å². The van der Waals surface area contributed by atoms with E-state index in [9.17, 15) is 24.3 Å². The number of hydrogen-bond donors (Lipinski definition) is 1. The quantitative estimate of drug-likeness (QED) is 0.178. The zero-order valence-electron chi connectivity index (χ0n) is 39.0. The molecule has 68 heavy (non-hydrogen) atoms. The lowest BCUT2D eigenvalue weighted by Crippen LogP contribution is -2.63. The number of nitrogens with zero attached hydrogens (tertiary/aromatic N) is 6. The number of ether oxygens (including phenoxy) is 1. The smallest absolute Gasteiger partial charge is 0.362 e. The Hall–Kier alpha value is -4.13. The third-order valence-corrected chi connectivity index (χ3v) is 19.8. The second-order valence-electron chi connectivity index (χ2n) is 23.1. The summed E-state index contributed by atoms with van der Waals surface area (Å²) in [5.74, 6) is 3.73. The van der Waals surface area contributed by atoms with Gasteiger partial charge in [0.15, 0.2) is 0 Å². The zero-order chi connectivity index (χ0) is 44.6. The second kappa shape index (κ2) is 17.3. The summed E-state index contributed by atoms with van der Waals surface area (Å²) in [5, 5.41) is 9.64. The fourth-order valence-electron chi connectivity index (χ4n) is 18.4. The lowest BCUT2D eigenvalue weighted by atomic mass is 9.73. The highest BCUT2D eigenvalue weighted by Gasteiger charge is 2.65. The van der Waals surface area contributed by atoms with Crippen LogP contribution in [0.5, 0.6) is 0 Å². The average molecular weight is 948 g/mol. The lowest BCUT2D eigenvalue weighted by Gasteiger charge is -2.58. The molecule has 1 N–H and O–H groups in total. The largest absolute Gasteiger partial charge is 0.476 e. The topological polar surface area (TPSA) is 140 Å². The molecule has 0 amide bonds. The number of fused-ring (bicyclic) bond motifs is 6. The number of piperidine rings is 4. The molecule has 0 radical (unpaired) electrons. The molecule has 16 rings (SSSR count). The van der Waals surface area contributed by atoms with E-state index in [1.807, 2.05) is 53.1 Å². The van der Waals surface area contributed by atoms with Crippen LogP contribution >= 0.6 is 12.4 Å². The Morgan fingerprint density at radius 1 is 0.588 bits per heavy atom. The Kier molecular flexibility index (Phi) is 11.8. The molecule has 12 fully saturated rings. The summed E-state index contributed by atoms with van der Waals surface area (Å²) < 4.78 is 8.90. The first kappa shape index (κ1) is 46.3. The van der Waals surface area contributed by atoms with Gasteiger partial charge in [0.25, 0.3) is 11.1 Å². The molecule has 12 nitrogen and oxygen atoms in total. The van der Waals surface area contributed by atoms with E-state index in [1.165, 1.54) is 103 Å². The maximum Gasteiger partial charge on any atom is 0.362 e. The lowest BCUT2D eigenvalue weighted by molar-refractivity contribution is -0.0818. The number of carboxylic acids is 1. The Labute approximate surface area is 406 Å². The van der Waals surface area contributed by atoms with Crippen LogP contribution in [0.25, 0.3) is 22.1 Å². The molecule has 4 aliphatic heterocycles. The molecule has 8 aliphatic carbocycles. The third-order valence-electron chi connectivity index (χ3n) is 19.8. The van der Waals surface area contributed by atoms with Gasteiger partial charge >= 0.3 is 11.9 Å². The number of para-hydroxylation sites is 4. The molecular formula is C55H71ClN6O6. The predicted octanol–water partition coefficient (Wildman–Crippen LogP) is 10.00. The van der Waals surface area contributed by atoms with Crippen LogP contribution in [-0.4, -0.2) is 87.8 Å². The molecule has 2 aromatic heterocycles. The van der Waals surface area contributed by atoms with Crippen molar-refractivity contribution in [3.63, 3.8) is 0 Å². The third kappa shape index (κ3) is 7.01. The number of carboxylic acid groups (broad SMARTS) is 1. The van der Waals surface area contributed by atoms with E-state index in [0.717, 1.165) is 72.2 Å². The van der Waals surface area contributed by atoms with Crippen molar-refractivity contribution in [2.24, 2.45) is 35.5 Å². The molecule has 4 saturated heterocycles. The summed E-state index contributed by atoms with van der Waals surface area (Å²) >= 11 is 0. The second-order valence-corrected chi connectivity index (χ2v) is 23.1. The fraction of sp³-hybridized carbons (Fsp3) is 0.673. The van der Waals surface area contributed by atoms with Crippen molar-refractivity contribution in [3.8, 4) is 0 Å². The normalized spacial score (nSPS) is 38.2. The predicted molar refractivity (Wildman–Crippen MR) is 265 cm³/mol. The van der Waals surface area contributed by atoms with Crippen molar-refractivity contribution in [1.82, 2.24) is 28.9 Å². The van der Waals surface area contributed by atoms with Gasteiger partial charge in [-0.25, -0.2) is 19.6 Å². The highest BCUT2D eigenvalue weighted by atomic mass is 35.5. The summed E-state index contributed by atoms with van der Waals surface area (Å²) in [5.41, 5.74) is 2.64. The number of hydrogen-bond acceptors (Lipinski definition) is 9. The highest BCUT2D eigenvalue weighted by Crippen LogP contribution is 2.66. The Balaban J connectivity index is 0.000000145. The van der Waals surface area contributed by atoms with E-state index in [1.54, 1.807) is 11.5 Å². The molecule has 0 spiro atoms. The van der Waals surface area contributed by atoms with E-state index in [0.29, 0.717) is 46.3 Å². The van der Waals surface area contributed by atoms with Crippen LogP contribution < -0.4 is 11.1 Å². The van der Waals surface area contributed by atoms with E-state index in [4.69, 9.17) is 4.74 Å². The van der Waals surface area contributed by atoms with E-state index in [2.05, 4.69) is 19.8 Å². The molecule has 2 aromatic carbocycles. The van der Waals surface area contributed by atoms with Crippen molar-refractivity contribution in [2.75, 3.05) is 6.61 Å². The number of rotatable bonds is 7. The monoisotopic (exact) mass is 947 g/mol. The van der Waals surface area contributed by atoms with Crippen LogP contribution in [0.1, 0.15) is 176 Å². The maximum absolute atomic E-state index is 13.7. The van der Waals surface area contributed by atoms with Gasteiger partial charge in [0.05, 0.1) is 28.7 Å². The van der Waals surface area contributed by atoms with Gasteiger partial charge in [0, 0.05) is 47.3 Å². The number of carbonyl (C=O) groups excluding carboxylic acids is 1. The van der Waals surface area contributed by atoms with Crippen LogP contribution in [0, 0.1) is 35.5 Å². The molecule has 6 unspecified atom stereocenters. The van der Waals surface area contributed by atoms with Crippen LogP contribution in [0.3, 0.4) is 0 Å². The molecule has 8 saturated carbocycles. The van der Waals surface area contributed by atoms with Gasteiger partial charge in [-0.3, -0.25) is 19.4 Å². The summed E-state index contributed by atoms with van der Waals surface area (Å²) in [6.07, 6.45) is 25.7. The average Bonchev–Trinajstić information content (AvgIpc) is 3.90. The number of halogens is 1. The van der Waals surface area contributed by atoms with E-state index in [-0.39, 0.29) is 55.5 Å². The first-order valence-electron chi connectivity index (χ1n) is 26.1. The summed E-state index contributed by atoms with van der Waals surface area (Å²) in [4.78, 5) is 66.0. The molecule has 364 valence electrons. The Bertz CT molecular complexity index is 2700. The molecule has 10 atom stereocenters. The summed E-state index contributed by atoms with van der Waals surface area (Å²) in [6.45, 7) is 2.00. The first-order valence-corrected chi connectivity index (χ1v) is 26.1. The number of aromatic nitrogens is 4. The standard InChI is InChI=1S/C28H35N3O3.C26H31N3O3.CH4.ClH/c1-2-34-27(33)25-26(32)30(24-9-4-3-8-23(24)29-25)22-13-20-6-5-7-21(14-22)31(20)28-15-17-10-18(16-28)12-19(28)11-17;30-24-23(25(31)32)27-21-6-1-2-7-22(21)28(24)20-11-18-4-3-5-19(12-20)29(18)26-13-15-8-16(14-26)10-17(26)9-15;;/h3-4,8-9,17-22H,2,5-7,10-16H2,1H3;1-2,6-7,15-20H,3-5,8-14H2,(H,31,32);1H4;1H/t17?,18?,19?,20-,21+,22?,28?;15?,16?,17?,18-,19+,20?,26?;;. The Morgan fingerprint density at radius 3 is 1.37 bits per heavy atom. The Morgan fingerprint density at radius 2 is 0.971 bits per heavy atom. The number of carbonyl (C=O) groups is 2. The van der Waals surface area contributed by atoms with Crippen LogP contribution in [0.15, 0.2) is 58.1 Å². The molecule has 13 heteroatoms. The minimum Gasteiger partial charge on any atom is -0.476 e.